The molecule has 0 bridgehead atoms. The summed E-state index contributed by atoms with van der Waals surface area (Å²) in [5, 5.41) is 3.23. The zero-order chi connectivity index (χ0) is 12.5. The van der Waals surface area contributed by atoms with Crippen molar-refractivity contribution in [2.75, 3.05) is 29.7 Å². The molecule has 18 heavy (non-hydrogen) atoms. The predicted molar refractivity (Wildman–Crippen MR) is 73.3 cm³/mol. The number of thioether (sulfide) groups is 1. The lowest BCUT2D eigenvalue weighted by Gasteiger charge is -2.31. The molecule has 3 rings (SSSR count). The van der Waals surface area contributed by atoms with Crippen molar-refractivity contribution in [3.8, 4) is 5.75 Å². The van der Waals surface area contributed by atoms with E-state index in [9.17, 15) is 4.79 Å². The van der Waals surface area contributed by atoms with Crippen LogP contribution in [-0.4, -0.2) is 36.7 Å². The van der Waals surface area contributed by atoms with E-state index in [0.717, 1.165) is 28.6 Å². The number of benzene rings is 1. The van der Waals surface area contributed by atoms with Crippen molar-refractivity contribution in [2.45, 2.75) is 13.0 Å². The molecule has 0 radical (unpaired) electrons. The van der Waals surface area contributed by atoms with Crippen LogP contribution in [0.2, 0.25) is 0 Å². The number of hydrogen-bond donors (Lipinski definition) is 1. The summed E-state index contributed by atoms with van der Waals surface area (Å²) in [5.74, 6) is 2.69. The molecule has 1 N–H and O–H groups in total. The van der Waals surface area contributed by atoms with Crippen LogP contribution in [0, 0.1) is 6.92 Å². The molecular weight excluding hydrogens is 248 g/mol. The number of nitrogens with one attached hydrogen (secondary N) is 1. The SMILES string of the molecule is Cc1ccc2c(c1)N(C(=O)C1CSCN1)CCO2. The van der Waals surface area contributed by atoms with E-state index < -0.39 is 0 Å². The normalized spacial score (nSPS) is 22.5. The fourth-order valence-corrected chi connectivity index (χ4v) is 3.23. The highest BCUT2D eigenvalue weighted by Gasteiger charge is 2.31. The smallest absolute Gasteiger partial charge is 0.245 e. The minimum absolute atomic E-state index is 0.0542. The summed E-state index contributed by atoms with van der Waals surface area (Å²) in [6, 6.07) is 5.92. The van der Waals surface area contributed by atoms with E-state index >= 15 is 0 Å². The molecule has 0 aromatic heterocycles. The Morgan fingerprint density at radius 3 is 3.22 bits per heavy atom. The molecule has 0 spiro atoms. The first-order chi connectivity index (χ1) is 8.75. The summed E-state index contributed by atoms with van der Waals surface area (Å²) in [5.41, 5.74) is 2.05. The molecule has 2 heterocycles. The van der Waals surface area contributed by atoms with Crippen LogP contribution in [0.4, 0.5) is 5.69 Å². The van der Waals surface area contributed by atoms with Crippen molar-refractivity contribution >= 4 is 23.4 Å². The summed E-state index contributed by atoms with van der Waals surface area (Å²) in [6.07, 6.45) is 0. The van der Waals surface area contributed by atoms with Crippen molar-refractivity contribution in [1.29, 1.82) is 0 Å². The van der Waals surface area contributed by atoms with E-state index in [1.807, 2.05) is 30.0 Å². The average Bonchev–Trinajstić information content (AvgIpc) is 2.91. The number of hydrogen-bond acceptors (Lipinski definition) is 4. The van der Waals surface area contributed by atoms with E-state index in [1.54, 1.807) is 11.8 Å². The van der Waals surface area contributed by atoms with Crippen LogP contribution >= 0.6 is 11.8 Å². The molecule has 96 valence electrons. The van der Waals surface area contributed by atoms with Gasteiger partial charge >= 0.3 is 0 Å². The van der Waals surface area contributed by atoms with Gasteiger partial charge in [0.15, 0.2) is 0 Å². The fourth-order valence-electron chi connectivity index (χ4n) is 2.30. The number of rotatable bonds is 1. The number of amides is 1. The Balaban J connectivity index is 1.90. The van der Waals surface area contributed by atoms with Crippen LogP contribution in [0.1, 0.15) is 5.56 Å². The Bertz CT molecular complexity index is 472. The molecule has 4 nitrogen and oxygen atoms in total. The predicted octanol–water partition coefficient (Wildman–Crippen LogP) is 1.38. The van der Waals surface area contributed by atoms with Crippen molar-refractivity contribution in [3.05, 3.63) is 23.8 Å². The van der Waals surface area contributed by atoms with E-state index in [4.69, 9.17) is 4.74 Å². The Kier molecular flexibility index (Phi) is 3.18. The van der Waals surface area contributed by atoms with E-state index in [2.05, 4.69) is 5.32 Å². The molecule has 1 fully saturated rings. The zero-order valence-electron chi connectivity index (χ0n) is 10.3. The summed E-state index contributed by atoms with van der Waals surface area (Å²) >= 11 is 1.77. The molecule has 5 heteroatoms. The molecule has 0 aliphatic carbocycles. The third-order valence-electron chi connectivity index (χ3n) is 3.26. The summed E-state index contributed by atoms with van der Waals surface area (Å²) < 4.78 is 5.60. The standard InChI is InChI=1S/C13H16N2O2S/c1-9-2-3-12-11(6-9)15(4-5-17-12)13(16)10-7-18-8-14-10/h2-3,6,10,14H,4-5,7-8H2,1H3. The van der Waals surface area contributed by atoms with Crippen LogP contribution in [0.5, 0.6) is 5.75 Å². The molecular formula is C13H16N2O2S. The van der Waals surface area contributed by atoms with Gasteiger partial charge in [-0.15, -0.1) is 11.8 Å². The van der Waals surface area contributed by atoms with Crippen LogP contribution in [0.25, 0.3) is 0 Å². The van der Waals surface area contributed by atoms with Gasteiger partial charge in [0.2, 0.25) is 5.91 Å². The van der Waals surface area contributed by atoms with Crippen molar-refractivity contribution in [3.63, 3.8) is 0 Å². The monoisotopic (exact) mass is 264 g/mol. The Morgan fingerprint density at radius 2 is 2.44 bits per heavy atom. The number of fused-ring (bicyclic) bond motifs is 1. The van der Waals surface area contributed by atoms with E-state index in [0.29, 0.717) is 13.2 Å². The summed E-state index contributed by atoms with van der Waals surface area (Å²) in [6.45, 7) is 3.24. The maximum Gasteiger partial charge on any atom is 0.245 e. The third-order valence-corrected chi connectivity index (χ3v) is 4.20. The van der Waals surface area contributed by atoms with Crippen LogP contribution < -0.4 is 15.0 Å². The molecule has 2 aliphatic heterocycles. The Hall–Kier alpha value is -1.20. The summed E-state index contributed by atoms with van der Waals surface area (Å²) in [7, 11) is 0. The molecule has 1 saturated heterocycles. The minimum atomic E-state index is -0.0542. The third kappa shape index (κ3) is 2.08. The number of ether oxygens (including phenoxy) is 1. The van der Waals surface area contributed by atoms with E-state index in [1.165, 1.54) is 0 Å². The molecule has 1 aromatic carbocycles. The average molecular weight is 264 g/mol. The number of carbonyl (C=O) groups excluding carboxylic acids is 1. The minimum Gasteiger partial charge on any atom is -0.490 e. The second-order valence-electron chi connectivity index (χ2n) is 4.58. The van der Waals surface area contributed by atoms with Gasteiger partial charge in [0, 0.05) is 11.6 Å². The van der Waals surface area contributed by atoms with Crippen LogP contribution in [0.3, 0.4) is 0 Å². The van der Waals surface area contributed by atoms with Gasteiger partial charge in [-0.2, -0.15) is 0 Å². The highest BCUT2D eigenvalue weighted by molar-refractivity contribution is 7.99. The Labute approximate surface area is 111 Å². The fraction of sp³-hybridized carbons (Fsp3) is 0.462. The molecule has 1 atom stereocenters. The highest BCUT2D eigenvalue weighted by Crippen LogP contribution is 2.33. The first-order valence-corrected chi connectivity index (χ1v) is 7.27. The van der Waals surface area contributed by atoms with Gasteiger partial charge in [0.25, 0.3) is 0 Å². The van der Waals surface area contributed by atoms with Gasteiger partial charge in [0.05, 0.1) is 18.3 Å². The second-order valence-corrected chi connectivity index (χ2v) is 5.61. The van der Waals surface area contributed by atoms with Gasteiger partial charge in [0.1, 0.15) is 12.4 Å². The molecule has 2 aliphatic rings. The first-order valence-electron chi connectivity index (χ1n) is 6.11. The summed E-state index contributed by atoms with van der Waals surface area (Å²) in [4.78, 5) is 14.3. The van der Waals surface area contributed by atoms with Crippen LogP contribution in [-0.2, 0) is 4.79 Å². The van der Waals surface area contributed by atoms with Gasteiger partial charge in [-0.05, 0) is 24.6 Å². The zero-order valence-corrected chi connectivity index (χ0v) is 11.1. The van der Waals surface area contributed by atoms with Gasteiger partial charge in [-0.25, -0.2) is 0 Å². The quantitative estimate of drug-likeness (QED) is 0.832. The van der Waals surface area contributed by atoms with Gasteiger partial charge in [-0.1, -0.05) is 6.07 Å². The van der Waals surface area contributed by atoms with Gasteiger partial charge < -0.3 is 9.64 Å². The largest absolute Gasteiger partial charge is 0.490 e. The maximum absolute atomic E-state index is 12.5. The topological polar surface area (TPSA) is 41.6 Å². The van der Waals surface area contributed by atoms with Crippen molar-refractivity contribution in [1.82, 2.24) is 5.32 Å². The second kappa shape index (κ2) is 4.82. The van der Waals surface area contributed by atoms with Gasteiger partial charge in [-0.3, -0.25) is 10.1 Å². The number of aryl methyl sites for hydroxylation is 1. The number of nitrogens with zero attached hydrogens (tertiary/aromatic N) is 1. The van der Waals surface area contributed by atoms with E-state index in [-0.39, 0.29) is 11.9 Å². The molecule has 1 unspecified atom stereocenters. The van der Waals surface area contributed by atoms with Crippen molar-refractivity contribution in [2.24, 2.45) is 0 Å². The number of carbonyl (C=O) groups is 1. The highest BCUT2D eigenvalue weighted by atomic mass is 32.2. The lowest BCUT2D eigenvalue weighted by molar-refractivity contribution is -0.120. The lowest BCUT2D eigenvalue weighted by Crippen LogP contribution is -2.48. The lowest BCUT2D eigenvalue weighted by atomic mass is 10.1. The first kappa shape index (κ1) is 11.9. The molecule has 0 saturated carbocycles. The maximum atomic E-state index is 12.5. The van der Waals surface area contributed by atoms with Crippen LogP contribution in [0.15, 0.2) is 18.2 Å². The molecule has 1 amide bonds. The Morgan fingerprint density at radius 1 is 1.56 bits per heavy atom. The number of anilines is 1. The van der Waals surface area contributed by atoms with Crippen molar-refractivity contribution < 1.29 is 9.53 Å². The molecule has 1 aromatic rings.